The Labute approximate surface area is 151 Å². The number of benzene rings is 1. The number of aromatic amines is 1. The van der Waals surface area contributed by atoms with E-state index in [0.717, 1.165) is 49.8 Å². The second-order valence-corrected chi connectivity index (χ2v) is 6.70. The molecule has 0 bridgehead atoms. The molecule has 0 unspecified atom stereocenters. The molecule has 138 valence electrons. The van der Waals surface area contributed by atoms with E-state index in [9.17, 15) is 14.7 Å². The molecule has 1 fully saturated rings. The number of hydrogen-bond donors (Lipinski definition) is 3. The highest BCUT2D eigenvalue weighted by Gasteiger charge is 2.21. The molecule has 1 aromatic carbocycles. The molecule has 26 heavy (non-hydrogen) atoms. The van der Waals surface area contributed by atoms with Gasteiger partial charge in [0.25, 0.3) is 5.56 Å². The van der Waals surface area contributed by atoms with Crippen LogP contribution in [0.25, 0.3) is 0 Å². The summed E-state index contributed by atoms with van der Waals surface area (Å²) in [7, 11) is 0. The van der Waals surface area contributed by atoms with Crippen LogP contribution in [-0.2, 0) is 0 Å². The van der Waals surface area contributed by atoms with Crippen LogP contribution in [0.2, 0.25) is 0 Å². The van der Waals surface area contributed by atoms with E-state index < -0.39 is 11.2 Å². The Morgan fingerprint density at radius 2 is 1.88 bits per heavy atom. The van der Waals surface area contributed by atoms with Crippen molar-refractivity contribution in [3.8, 4) is 5.88 Å². The standard InChI is InChI=1S/C19H24N4O3/c1-13-8-6-7-11-16(13)22-20-12-15-17(24)21-19(26)23(18(15)25)14-9-4-2-3-5-10-14/h6-8,11-12,14,22,25H,2-5,9-10H2,1H3,(H,21,24,26)/b20-12+. The van der Waals surface area contributed by atoms with Crippen LogP contribution in [0, 0.1) is 6.92 Å². The number of nitrogens with zero attached hydrogens (tertiary/aromatic N) is 2. The molecule has 2 aromatic rings. The fourth-order valence-electron chi connectivity index (χ4n) is 3.39. The molecular formula is C19H24N4O3. The Morgan fingerprint density at radius 1 is 1.19 bits per heavy atom. The Hall–Kier alpha value is -2.83. The third kappa shape index (κ3) is 3.87. The van der Waals surface area contributed by atoms with Gasteiger partial charge in [-0.05, 0) is 31.4 Å². The number of nitrogens with one attached hydrogen (secondary N) is 2. The molecule has 0 amide bonds. The lowest BCUT2D eigenvalue weighted by atomic mass is 10.1. The van der Waals surface area contributed by atoms with E-state index in [-0.39, 0.29) is 17.5 Å². The normalized spacial score (nSPS) is 15.9. The minimum Gasteiger partial charge on any atom is -0.494 e. The van der Waals surface area contributed by atoms with Crippen LogP contribution in [0.15, 0.2) is 39.0 Å². The number of hydrazone groups is 1. The van der Waals surface area contributed by atoms with Gasteiger partial charge in [-0.15, -0.1) is 0 Å². The molecule has 7 heteroatoms. The molecule has 1 aliphatic carbocycles. The van der Waals surface area contributed by atoms with E-state index in [1.165, 1.54) is 10.8 Å². The van der Waals surface area contributed by atoms with Crippen LogP contribution in [0.3, 0.4) is 0 Å². The molecule has 1 aromatic heterocycles. The Morgan fingerprint density at radius 3 is 2.58 bits per heavy atom. The van der Waals surface area contributed by atoms with E-state index in [0.29, 0.717) is 0 Å². The summed E-state index contributed by atoms with van der Waals surface area (Å²) in [4.78, 5) is 26.7. The summed E-state index contributed by atoms with van der Waals surface area (Å²) < 4.78 is 1.31. The van der Waals surface area contributed by atoms with E-state index in [1.807, 2.05) is 31.2 Å². The van der Waals surface area contributed by atoms with E-state index in [1.54, 1.807) is 0 Å². The lowest BCUT2D eigenvalue weighted by Gasteiger charge is -2.19. The van der Waals surface area contributed by atoms with Gasteiger partial charge in [-0.1, -0.05) is 43.9 Å². The van der Waals surface area contributed by atoms with E-state index in [2.05, 4.69) is 15.5 Å². The van der Waals surface area contributed by atoms with Crippen molar-refractivity contribution < 1.29 is 5.11 Å². The third-order valence-electron chi connectivity index (χ3n) is 4.87. The van der Waals surface area contributed by atoms with Gasteiger partial charge in [0.15, 0.2) is 0 Å². The van der Waals surface area contributed by atoms with Gasteiger partial charge in [-0.25, -0.2) is 4.79 Å². The van der Waals surface area contributed by atoms with Gasteiger partial charge in [0.1, 0.15) is 5.56 Å². The van der Waals surface area contributed by atoms with Crippen molar-refractivity contribution in [1.29, 1.82) is 0 Å². The zero-order valence-corrected chi connectivity index (χ0v) is 14.9. The van der Waals surface area contributed by atoms with E-state index in [4.69, 9.17) is 0 Å². The zero-order chi connectivity index (χ0) is 18.5. The summed E-state index contributed by atoms with van der Waals surface area (Å²) in [5.74, 6) is -0.319. The van der Waals surface area contributed by atoms with Crippen LogP contribution in [0.5, 0.6) is 5.88 Å². The van der Waals surface area contributed by atoms with Crippen LogP contribution in [0.4, 0.5) is 5.69 Å². The van der Waals surface area contributed by atoms with Crippen molar-refractivity contribution in [3.05, 3.63) is 56.2 Å². The van der Waals surface area contributed by atoms with Gasteiger partial charge in [-0.2, -0.15) is 5.10 Å². The maximum atomic E-state index is 12.3. The molecule has 1 saturated carbocycles. The molecule has 3 rings (SSSR count). The minimum atomic E-state index is -0.646. The Balaban J connectivity index is 1.91. The lowest BCUT2D eigenvalue weighted by Crippen LogP contribution is -2.34. The zero-order valence-electron chi connectivity index (χ0n) is 14.9. The van der Waals surface area contributed by atoms with Gasteiger partial charge in [0, 0.05) is 6.04 Å². The average Bonchev–Trinajstić information content (AvgIpc) is 2.88. The quantitative estimate of drug-likeness (QED) is 0.445. The molecule has 0 aliphatic heterocycles. The van der Waals surface area contributed by atoms with Gasteiger partial charge in [0.2, 0.25) is 5.88 Å². The first-order valence-corrected chi connectivity index (χ1v) is 9.00. The minimum absolute atomic E-state index is 0.0186. The molecule has 7 nitrogen and oxygen atoms in total. The maximum Gasteiger partial charge on any atom is 0.331 e. The number of para-hydroxylation sites is 1. The third-order valence-corrected chi connectivity index (χ3v) is 4.87. The average molecular weight is 356 g/mol. The van der Waals surface area contributed by atoms with Gasteiger partial charge in [0.05, 0.1) is 11.9 Å². The molecule has 0 atom stereocenters. The predicted octanol–water partition coefficient (Wildman–Crippen LogP) is 2.89. The second-order valence-electron chi connectivity index (χ2n) is 6.70. The summed E-state index contributed by atoms with van der Waals surface area (Å²) in [5.41, 5.74) is 3.44. The molecule has 1 heterocycles. The molecule has 1 aliphatic rings. The number of aryl methyl sites for hydroxylation is 1. The SMILES string of the molecule is Cc1ccccc1N/N=C/c1c(O)n(C2CCCCCC2)c(=O)[nH]c1=O. The number of anilines is 1. The van der Waals surface area contributed by atoms with Crippen LogP contribution in [0.1, 0.15) is 55.7 Å². The fourth-order valence-corrected chi connectivity index (χ4v) is 3.39. The number of aromatic nitrogens is 2. The second kappa shape index (κ2) is 8.03. The fraction of sp³-hybridized carbons (Fsp3) is 0.421. The van der Waals surface area contributed by atoms with Crippen molar-refractivity contribution in [1.82, 2.24) is 9.55 Å². The number of rotatable bonds is 4. The summed E-state index contributed by atoms with van der Waals surface area (Å²) >= 11 is 0. The highest BCUT2D eigenvalue weighted by atomic mass is 16.3. The molecule has 0 saturated heterocycles. The molecule has 0 spiro atoms. The van der Waals surface area contributed by atoms with Gasteiger partial charge < -0.3 is 5.11 Å². The number of hydrogen-bond acceptors (Lipinski definition) is 5. The maximum absolute atomic E-state index is 12.3. The monoisotopic (exact) mass is 356 g/mol. The summed E-state index contributed by atoms with van der Waals surface area (Å²) in [5, 5.41) is 14.6. The van der Waals surface area contributed by atoms with Crippen molar-refractivity contribution >= 4 is 11.9 Å². The van der Waals surface area contributed by atoms with Crippen molar-refractivity contribution in [3.63, 3.8) is 0 Å². The predicted molar refractivity (Wildman–Crippen MR) is 102 cm³/mol. The number of H-pyrrole nitrogens is 1. The largest absolute Gasteiger partial charge is 0.494 e. The molecular weight excluding hydrogens is 332 g/mol. The first-order chi connectivity index (χ1) is 12.6. The topological polar surface area (TPSA) is 99.5 Å². The van der Waals surface area contributed by atoms with Crippen molar-refractivity contribution in [2.24, 2.45) is 5.10 Å². The molecule has 3 N–H and O–H groups in total. The van der Waals surface area contributed by atoms with Crippen molar-refractivity contribution in [2.75, 3.05) is 5.43 Å². The summed E-state index contributed by atoms with van der Waals surface area (Å²) in [6.07, 6.45) is 7.16. The van der Waals surface area contributed by atoms with Crippen molar-refractivity contribution in [2.45, 2.75) is 51.5 Å². The summed E-state index contributed by atoms with van der Waals surface area (Å²) in [6.45, 7) is 1.94. The first-order valence-electron chi connectivity index (χ1n) is 9.00. The van der Waals surface area contributed by atoms with Crippen LogP contribution >= 0.6 is 0 Å². The van der Waals surface area contributed by atoms with Gasteiger partial charge in [-0.3, -0.25) is 19.8 Å². The lowest BCUT2D eigenvalue weighted by molar-refractivity contribution is 0.339. The van der Waals surface area contributed by atoms with E-state index >= 15 is 0 Å². The number of aromatic hydroxyl groups is 1. The van der Waals surface area contributed by atoms with Crippen LogP contribution in [-0.4, -0.2) is 20.9 Å². The highest BCUT2D eigenvalue weighted by Crippen LogP contribution is 2.28. The molecule has 0 radical (unpaired) electrons. The Bertz CT molecular complexity index is 906. The Kier molecular flexibility index (Phi) is 5.55. The smallest absolute Gasteiger partial charge is 0.331 e. The highest BCUT2D eigenvalue weighted by molar-refractivity contribution is 5.82. The van der Waals surface area contributed by atoms with Gasteiger partial charge >= 0.3 is 5.69 Å². The first kappa shape index (κ1) is 18.0. The van der Waals surface area contributed by atoms with Crippen LogP contribution < -0.4 is 16.7 Å². The summed E-state index contributed by atoms with van der Waals surface area (Å²) in [6, 6.07) is 7.50.